The summed E-state index contributed by atoms with van der Waals surface area (Å²) in [6, 6.07) is 8.26. The van der Waals surface area contributed by atoms with E-state index in [1.165, 1.54) is 11.1 Å². The summed E-state index contributed by atoms with van der Waals surface area (Å²) in [5.74, 6) is 0. The minimum Gasteiger partial charge on any atom is -0.444 e. The summed E-state index contributed by atoms with van der Waals surface area (Å²) < 4.78 is 5.38. The number of fused-ring (bicyclic) bond motifs is 1. The summed E-state index contributed by atoms with van der Waals surface area (Å²) in [6.45, 7) is 12.9. The van der Waals surface area contributed by atoms with Gasteiger partial charge in [-0.05, 0) is 59.1 Å². The van der Waals surface area contributed by atoms with E-state index < -0.39 is 5.60 Å². The van der Waals surface area contributed by atoms with Crippen molar-refractivity contribution in [3.8, 4) is 12.8 Å². The van der Waals surface area contributed by atoms with Crippen molar-refractivity contribution in [1.29, 1.82) is 0 Å². The molecule has 1 aromatic rings. The molecule has 1 aliphatic rings. The van der Waals surface area contributed by atoms with Crippen molar-refractivity contribution in [2.24, 2.45) is 0 Å². The predicted molar refractivity (Wildman–Crippen MR) is 106 cm³/mol. The van der Waals surface area contributed by atoms with Gasteiger partial charge in [-0.1, -0.05) is 24.3 Å². The Kier molecular flexibility index (Phi) is 9.50. The Balaban J connectivity index is 0.000000589. The molecular formula is C21H32N2O3. The summed E-state index contributed by atoms with van der Waals surface area (Å²) >= 11 is 0. The highest BCUT2D eigenvalue weighted by atomic mass is 16.6. The largest absolute Gasteiger partial charge is 0.444 e. The van der Waals surface area contributed by atoms with E-state index in [1.807, 2.05) is 53.7 Å². The molecule has 0 bridgehead atoms. The Hall–Kier alpha value is -2.48. The number of benzene rings is 1. The Morgan fingerprint density at radius 3 is 2.08 bits per heavy atom. The maximum Gasteiger partial charge on any atom is 0.410 e. The molecule has 0 aromatic heterocycles. The van der Waals surface area contributed by atoms with Gasteiger partial charge < -0.3 is 15.0 Å². The van der Waals surface area contributed by atoms with Crippen molar-refractivity contribution in [3.63, 3.8) is 0 Å². The van der Waals surface area contributed by atoms with Crippen LogP contribution in [0.3, 0.4) is 0 Å². The first-order valence-corrected chi connectivity index (χ1v) is 8.61. The number of rotatable bonds is 1. The highest BCUT2D eigenvalue weighted by Crippen LogP contribution is 2.20. The smallest absolute Gasteiger partial charge is 0.410 e. The molecule has 2 rings (SSSR count). The fourth-order valence-electron chi connectivity index (χ4n) is 2.15. The highest BCUT2D eigenvalue weighted by molar-refractivity contribution is 5.68. The van der Waals surface area contributed by atoms with E-state index in [4.69, 9.17) is 4.74 Å². The van der Waals surface area contributed by atoms with Gasteiger partial charge in [-0.15, -0.1) is 12.8 Å². The van der Waals surface area contributed by atoms with Crippen molar-refractivity contribution in [2.45, 2.75) is 65.6 Å². The van der Waals surface area contributed by atoms with Gasteiger partial charge in [0.25, 0.3) is 0 Å². The number of nitrogens with zero attached hydrogens (tertiary/aromatic N) is 1. The van der Waals surface area contributed by atoms with Gasteiger partial charge in [0.1, 0.15) is 5.60 Å². The van der Waals surface area contributed by atoms with E-state index in [2.05, 4.69) is 30.3 Å². The molecule has 1 heterocycles. The highest BCUT2D eigenvalue weighted by Gasteiger charge is 2.25. The fourth-order valence-corrected chi connectivity index (χ4v) is 2.15. The minimum absolute atomic E-state index is 0.0677. The van der Waals surface area contributed by atoms with Gasteiger partial charge in [0, 0.05) is 18.6 Å². The van der Waals surface area contributed by atoms with Gasteiger partial charge in [-0.25, -0.2) is 4.79 Å². The molecule has 26 heavy (non-hydrogen) atoms. The number of carbonyl (C=O) groups excluding carboxylic acids is 2. The number of carbonyl (C=O) groups is 2. The van der Waals surface area contributed by atoms with Gasteiger partial charge in [-0.3, -0.25) is 4.79 Å². The molecule has 5 nitrogen and oxygen atoms in total. The van der Waals surface area contributed by atoms with Crippen LogP contribution in [0.1, 0.15) is 52.7 Å². The number of hydrogen-bond acceptors (Lipinski definition) is 3. The van der Waals surface area contributed by atoms with Crippen LogP contribution in [0.15, 0.2) is 24.3 Å². The molecule has 0 fully saturated rings. The minimum atomic E-state index is -0.423. The summed E-state index contributed by atoms with van der Waals surface area (Å²) in [5, 5.41) is 2.60. The van der Waals surface area contributed by atoms with Crippen molar-refractivity contribution in [1.82, 2.24) is 10.2 Å². The van der Waals surface area contributed by atoms with Gasteiger partial charge in [0.2, 0.25) is 6.41 Å². The Morgan fingerprint density at radius 2 is 1.65 bits per heavy atom. The predicted octanol–water partition coefficient (Wildman–Crippen LogP) is 3.76. The fraction of sp³-hybridized carbons (Fsp3) is 0.524. The van der Waals surface area contributed by atoms with Crippen LogP contribution in [0.25, 0.3) is 0 Å². The van der Waals surface area contributed by atoms with E-state index in [1.54, 1.807) is 4.90 Å². The average Bonchev–Trinajstić information content (AvgIpc) is 2.54. The monoisotopic (exact) mass is 360 g/mol. The second-order valence-corrected chi connectivity index (χ2v) is 7.93. The topological polar surface area (TPSA) is 58.6 Å². The summed E-state index contributed by atoms with van der Waals surface area (Å²) in [5.41, 5.74) is 2.08. The second kappa shape index (κ2) is 10.5. The molecule has 0 atom stereocenters. The number of amides is 2. The van der Waals surface area contributed by atoms with Crippen LogP contribution in [0, 0.1) is 12.8 Å². The molecule has 0 radical (unpaired) electrons. The maximum absolute atomic E-state index is 11.9. The molecule has 0 spiro atoms. The van der Waals surface area contributed by atoms with Gasteiger partial charge in [0.15, 0.2) is 0 Å². The SMILES string of the molecule is C#C.CC(C)(C)NC=O.CC(C)(C)OC(=O)N1CCc2ccccc2C1. The van der Waals surface area contributed by atoms with Crippen molar-refractivity contribution in [2.75, 3.05) is 6.54 Å². The normalized spacial score (nSPS) is 13.0. The van der Waals surface area contributed by atoms with Crippen LogP contribution >= 0.6 is 0 Å². The van der Waals surface area contributed by atoms with Gasteiger partial charge in [0.05, 0.1) is 0 Å². The molecule has 1 aliphatic heterocycles. The first kappa shape index (κ1) is 23.5. The lowest BCUT2D eigenvalue weighted by atomic mass is 10.0. The van der Waals surface area contributed by atoms with E-state index >= 15 is 0 Å². The number of terminal acetylenes is 1. The Labute approximate surface area is 158 Å². The lowest BCUT2D eigenvalue weighted by Gasteiger charge is -2.31. The van der Waals surface area contributed by atoms with Crippen LogP contribution in [-0.2, 0) is 22.5 Å². The lowest BCUT2D eigenvalue weighted by molar-refractivity contribution is -0.110. The molecule has 0 aliphatic carbocycles. The molecule has 1 N–H and O–H groups in total. The number of nitrogens with one attached hydrogen (secondary N) is 1. The molecular weight excluding hydrogens is 328 g/mol. The number of ether oxygens (including phenoxy) is 1. The van der Waals surface area contributed by atoms with Crippen molar-refractivity contribution < 1.29 is 14.3 Å². The first-order valence-electron chi connectivity index (χ1n) is 8.61. The summed E-state index contributed by atoms with van der Waals surface area (Å²) in [6.07, 6.45) is 9.40. The van der Waals surface area contributed by atoms with E-state index in [0.717, 1.165) is 13.0 Å². The van der Waals surface area contributed by atoms with E-state index in [9.17, 15) is 9.59 Å². The van der Waals surface area contributed by atoms with Gasteiger partial charge in [-0.2, -0.15) is 0 Å². The molecule has 144 valence electrons. The third kappa shape index (κ3) is 9.73. The van der Waals surface area contributed by atoms with Crippen LogP contribution < -0.4 is 5.32 Å². The molecule has 1 aromatic carbocycles. The van der Waals surface area contributed by atoms with Crippen LogP contribution in [-0.4, -0.2) is 35.1 Å². The summed E-state index contributed by atoms with van der Waals surface area (Å²) in [4.78, 5) is 23.4. The van der Waals surface area contributed by atoms with E-state index in [0.29, 0.717) is 13.0 Å². The molecule has 0 unspecified atom stereocenters. The van der Waals surface area contributed by atoms with Crippen molar-refractivity contribution in [3.05, 3.63) is 35.4 Å². The molecule has 2 amide bonds. The van der Waals surface area contributed by atoms with Crippen LogP contribution in [0.2, 0.25) is 0 Å². The van der Waals surface area contributed by atoms with Crippen LogP contribution in [0.5, 0.6) is 0 Å². The molecule has 5 heteroatoms. The van der Waals surface area contributed by atoms with Gasteiger partial charge >= 0.3 is 6.09 Å². The lowest BCUT2D eigenvalue weighted by Crippen LogP contribution is -2.39. The van der Waals surface area contributed by atoms with Crippen molar-refractivity contribution >= 4 is 12.5 Å². The zero-order valence-corrected chi connectivity index (χ0v) is 16.8. The molecule has 0 saturated heterocycles. The Morgan fingerprint density at radius 1 is 1.12 bits per heavy atom. The average molecular weight is 360 g/mol. The number of hydrogen-bond donors (Lipinski definition) is 1. The zero-order chi connectivity index (χ0) is 20.4. The van der Waals surface area contributed by atoms with Crippen LogP contribution in [0.4, 0.5) is 4.79 Å². The standard InChI is InChI=1S/C14H19NO2.C5H11NO.C2H2/c1-14(2,3)17-13(16)15-9-8-11-6-4-5-7-12(11)10-15;1-5(2,3)6-4-7;1-2/h4-7H,8-10H2,1-3H3;4H,1-3H3,(H,6,7);1-2H. The third-order valence-electron chi connectivity index (χ3n) is 3.27. The quantitative estimate of drug-likeness (QED) is 0.613. The van der Waals surface area contributed by atoms with E-state index in [-0.39, 0.29) is 11.6 Å². The molecule has 0 saturated carbocycles. The Bertz CT molecular complexity index is 595. The summed E-state index contributed by atoms with van der Waals surface area (Å²) in [7, 11) is 0. The second-order valence-electron chi connectivity index (χ2n) is 7.93. The first-order chi connectivity index (χ1) is 12.0. The maximum atomic E-state index is 11.9. The third-order valence-corrected chi connectivity index (χ3v) is 3.27. The zero-order valence-electron chi connectivity index (χ0n) is 16.8.